The third-order valence-corrected chi connectivity index (χ3v) is 4.36. The highest BCUT2D eigenvalue weighted by molar-refractivity contribution is 7.98. The van der Waals surface area contributed by atoms with Crippen LogP contribution in [-0.2, 0) is 0 Å². The van der Waals surface area contributed by atoms with Gasteiger partial charge in [-0.25, -0.2) is 0 Å². The van der Waals surface area contributed by atoms with Crippen molar-refractivity contribution < 1.29 is 9.90 Å². The molecule has 0 saturated carbocycles. The van der Waals surface area contributed by atoms with Gasteiger partial charge in [-0.3, -0.25) is 4.79 Å². The van der Waals surface area contributed by atoms with Gasteiger partial charge in [0.15, 0.2) is 0 Å². The van der Waals surface area contributed by atoms with Crippen LogP contribution in [0.1, 0.15) is 28.9 Å². The number of rotatable bonds is 4. The molecule has 0 bridgehead atoms. The van der Waals surface area contributed by atoms with Crippen molar-refractivity contribution in [2.75, 3.05) is 13.3 Å². The van der Waals surface area contributed by atoms with Crippen LogP contribution in [0.25, 0.3) is 0 Å². The summed E-state index contributed by atoms with van der Waals surface area (Å²) < 4.78 is 0. The second-order valence-electron chi connectivity index (χ2n) is 4.91. The third kappa shape index (κ3) is 3.58. The van der Waals surface area contributed by atoms with Crippen LogP contribution in [-0.4, -0.2) is 29.2 Å². The lowest BCUT2D eigenvalue weighted by Crippen LogP contribution is -2.29. The molecule has 1 amide bonds. The molecule has 0 spiro atoms. The average molecular weight is 301 g/mol. The molecule has 1 N–H and O–H groups in total. The summed E-state index contributed by atoms with van der Waals surface area (Å²) in [6.45, 7) is 1.97. The molecule has 1 atom stereocenters. The molecule has 2 aromatic rings. The standard InChI is InChI=1S/C17H19NO2S/c1-12(13-4-8-15(19)9-5-13)18(2)17(20)14-6-10-16(21-3)11-7-14/h4-12,19H,1-3H3. The van der Waals surface area contributed by atoms with Crippen molar-refractivity contribution in [3.8, 4) is 5.75 Å². The lowest BCUT2D eigenvalue weighted by molar-refractivity contribution is 0.0742. The summed E-state index contributed by atoms with van der Waals surface area (Å²) >= 11 is 1.65. The van der Waals surface area contributed by atoms with Crippen molar-refractivity contribution in [3.63, 3.8) is 0 Å². The minimum Gasteiger partial charge on any atom is -0.508 e. The van der Waals surface area contributed by atoms with Gasteiger partial charge >= 0.3 is 0 Å². The molecule has 4 heteroatoms. The van der Waals surface area contributed by atoms with Gasteiger partial charge < -0.3 is 10.0 Å². The second-order valence-corrected chi connectivity index (χ2v) is 5.79. The molecule has 0 radical (unpaired) electrons. The van der Waals surface area contributed by atoms with Crippen LogP contribution in [0.15, 0.2) is 53.4 Å². The van der Waals surface area contributed by atoms with E-state index in [1.165, 1.54) is 0 Å². The SMILES string of the molecule is CSc1ccc(C(=O)N(C)C(C)c2ccc(O)cc2)cc1. The number of carbonyl (C=O) groups is 1. The molecular weight excluding hydrogens is 282 g/mol. The van der Waals surface area contributed by atoms with Gasteiger partial charge in [-0.1, -0.05) is 12.1 Å². The first-order valence-electron chi connectivity index (χ1n) is 6.73. The van der Waals surface area contributed by atoms with Gasteiger partial charge in [-0.05, 0) is 55.1 Å². The van der Waals surface area contributed by atoms with Gasteiger partial charge in [0.1, 0.15) is 5.75 Å². The molecule has 2 aromatic carbocycles. The molecule has 0 saturated heterocycles. The quantitative estimate of drug-likeness (QED) is 0.869. The van der Waals surface area contributed by atoms with E-state index in [2.05, 4.69) is 0 Å². The topological polar surface area (TPSA) is 40.5 Å². The Morgan fingerprint density at radius 1 is 1.10 bits per heavy atom. The molecule has 110 valence electrons. The summed E-state index contributed by atoms with van der Waals surface area (Å²) in [5.41, 5.74) is 1.67. The number of thioether (sulfide) groups is 1. The highest BCUT2D eigenvalue weighted by Gasteiger charge is 2.18. The number of phenolic OH excluding ortho intramolecular Hbond substituents is 1. The van der Waals surface area contributed by atoms with Gasteiger partial charge in [0, 0.05) is 17.5 Å². The Morgan fingerprint density at radius 2 is 1.67 bits per heavy atom. The Kier molecular flexibility index (Phi) is 4.91. The highest BCUT2D eigenvalue weighted by atomic mass is 32.2. The summed E-state index contributed by atoms with van der Waals surface area (Å²) in [4.78, 5) is 15.3. The minimum atomic E-state index is -0.0571. The fourth-order valence-electron chi connectivity index (χ4n) is 2.09. The number of carbonyl (C=O) groups excluding carboxylic acids is 1. The fraction of sp³-hybridized carbons (Fsp3) is 0.235. The Bertz CT molecular complexity index is 608. The van der Waals surface area contributed by atoms with Crippen LogP contribution >= 0.6 is 11.8 Å². The third-order valence-electron chi connectivity index (χ3n) is 3.61. The first-order valence-corrected chi connectivity index (χ1v) is 7.95. The maximum absolute atomic E-state index is 12.5. The van der Waals surface area contributed by atoms with E-state index in [4.69, 9.17) is 0 Å². The molecule has 3 nitrogen and oxygen atoms in total. The van der Waals surface area contributed by atoms with Crippen LogP contribution in [0.2, 0.25) is 0 Å². The average Bonchev–Trinajstić information content (AvgIpc) is 2.53. The molecule has 0 aliphatic carbocycles. The Balaban J connectivity index is 2.15. The first-order chi connectivity index (χ1) is 10.0. The largest absolute Gasteiger partial charge is 0.508 e. The number of amides is 1. The molecular formula is C17H19NO2S. The van der Waals surface area contributed by atoms with Crippen LogP contribution < -0.4 is 0 Å². The molecule has 0 aliphatic heterocycles. The maximum Gasteiger partial charge on any atom is 0.254 e. The Hall–Kier alpha value is -1.94. The van der Waals surface area contributed by atoms with E-state index in [0.29, 0.717) is 5.56 Å². The maximum atomic E-state index is 12.5. The second kappa shape index (κ2) is 6.68. The number of benzene rings is 2. The van der Waals surface area contributed by atoms with Crippen molar-refractivity contribution in [2.45, 2.75) is 17.9 Å². The van der Waals surface area contributed by atoms with E-state index in [9.17, 15) is 9.90 Å². The van der Waals surface area contributed by atoms with Crippen LogP contribution in [0, 0.1) is 0 Å². The van der Waals surface area contributed by atoms with Crippen molar-refractivity contribution in [3.05, 3.63) is 59.7 Å². The zero-order valence-electron chi connectivity index (χ0n) is 12.4. The zero-order valence-corrected chi connectivity index (χ0v) is 13.2. The van der Waals surface area contributed by atoms with E-state index in [-0.39, 0.29) is 17.7 Å². The van der Waals surface area contributed by atoms with E-state index in [1.807, 2.05) is 49.6 Å². The molecule has 21 heavy (non-hydrogen) atoms. The predicted molar refractivity (Wildman–Crippen MR) is 86.8 cm³/mol. The lowest BCUT2D eigenvalue weighted by Gasteiger charge is -2.25. The van der Waals surface area contributed by atoms with Gasteiger partial charge in [-0.2, -0.15) is 0 Å². The molecule has 0 heterocycles. The molecule has 0 aliphatic rings. The molecule has 2 rings (SSSR count). The number of aromatic hydroxyl groups is 1. The van der Waals surface area contributed by atoms with Crippen molar-refractivity contribution >= 4 is 17.7 Å². The molecule has 0 fully saturated rings. The van der Waals surface area contributed by atoms with Gasteiger partial charge in [0.05, 0.1) is 6.04 Å². The fourth-order valence-corrected chi connectivity index (χ4v) is 2.50. The summed E-state index contributed by atoms with van der Waals surface area (Å²) in [6, 6.07) is 14.5. The Morgan fingerprint density at radius 3 is 2.19 bits per heavy atom. The van der Waals surface area contributed by atoms with Crippen LogP contribution in [0.3, 0.4) is 0 Å². The van der Waals surface area contributed by atoms with Crippen molar-refractivity contribution in [1.29, 1.82) is 0 Å². The summed E-state index contributed by atoms with van der Waals surface area (Å²) in [5.74, 6) is 0.218. The van der Waals surface area contributed by atoms with Crippen molar-refractivity contribution in [1.82, 2.24) is 4.90 Å². The predicted octanol–water partition coefficient (Wildman–Crippen LogP) is 3.95. The Labute approximate surface area is 129 Å². The zero-order chi connectivity index (χ0) is 15.4. The van der Waals surface area contributed by atoms with E-state index >= 15 is 0 Å². The van der Waals surface area contributed by atoms with E-state index in [1.54, 1.807) is 35.8 Å². The monoisotopic (exact) mass is 301 g/mol. The molecule has 0 aromatic heterocycles. The van der Waals surface area contributed by atoms with Gasteiger partial charge in [-0.15, -0.1) is 11.8 Å². The normalized spacial score (nSPS) is 12.0. The summed E-state index contributed by atoms with van der Waals surface area (Å²) in [5, 5.41) is 9.33. The number of phenols is 1. The molecule has 1 unspecified atom stereocenters. The van der Waals surface area contributed by atoms with Gasteiger partial charge in [0.25, 0.3) is 5.91 Å². The highest BCUT2D eigenvalue weighted by Crippen LogP contribution is 2.23. The van der Waals surface area contributed by atoms with Crippen LogP contribution in [0.4, 0.5) is 0 Å². The summed E-state index contributed by atoms with van der Waals surface area (Å²) in [7, 11) is 1.79. The number of hydrogen-bond acceptors (Lipinski definition) is 3. The smallest absolute Gasteiger partial charge is 0.254 e. The summed E-state index contributed by atoms with van der Waals surface area (Å²) in [6.07, 6.45) is 2.01. The number of nitrogens with zero attached hydrogens (tertiary/aromatic N) is 1. The first kappa shape index (κ1) is 15.4. The van der Waals surface area contributed by atoms with E-state index < -0.39 is 0 Å². The number of hydrogen-bond donors (Lipinski definition) is 1. The van der Waals surface area contributed by atoms with Gasteiger partial charge in [0.2, 0.25) is 0 Å². The van der Waals surface area contributed by atoms with Crippen LogP contribution in [0.5, 0.6) is 5.75 Å². The van der Waals surface area contributed by atoms with E-state index in [0.717, 1.165) is 10.5 Å². The minimum absolute atomic E-state index is 0.0109. The lowest BCUT2D eigenvalue weighted by atomic mass is 10.1. The van der Waals surface area contributed by atoms with Crippen molar-refractivity contribution in [2.24, 2.45) is 0 Å².